The maximum absolute atomic E-state index is 13.9. The van der Waals surface area contributed by atoms with Crippen LogP contribution in [0.4, 0.5) is 10.1 Å². The van der Waals surface area contributed by atoms with Crippen molar-refractivity contribution in [2.75, 3.05) is 0 Å². The summed E-state index contributed by atoms with van der Waals surface area (Å²) in [7, 11) is 0. The van der Waals surface area contributed by atoms with Crippen molar-refractivity contribution in [1.29, 1.82) is 0 Å². The second kappa shape index (κ2) is 5.79. The molecule has 0 spiro atoms. The van der Waals surface area contributed by atoms with E-state index in [1.165, 1.54) is 18.3 Å². The zero-order valence-electron chi connectivity index (χ0n) is 10.6. The van der Waals surface area contributed by atoms with Crippen molar-refractivity contribution < 1.29 is 14.1 Å². The van der Waals surface area contributed by atoms with Gasteiger partial charge in [-0.1, -0.05) is 0 Å². The number of benzene rings is 1. The molecule has 0 saturated carbocycles. The molecule has 1 N–H and O–H groups in total. The Labute approximate surface area is 118 Å². The number of aryl methyl sites for hydroxylation is 1. The van der Waals surface area contributed by atoms with Crippen LogP contribution >= 0.6 is 11.3 Å². The summed E-state index contributed by atoms with van der Waals surface area (Å²) in [5, 5.41) is 17.0. The van der Waals surface area contributed by atoms with Gasteiger partial charge < -0.3 is 5.32 Å². The molecule has 104 valence electrons. The summed E-state index contributed by atoms with van der Waals surface area (Å²) in [6.07, 6.45) is 0. The molecule has 1 heterocycles. The second-order valence-corrected chi connectivity index (χ2v) is 4.98. The molecule has 0 saturated heterocycles. The number of hydrogen-bond acceptors (Lipinski definition) is 4. The first kappa shape index (κ1) is 14.1. The first-order chi connectivity index (χ1) is 9.49. The maximum Gasteiger partial charge on any atom is 0.270 e. The minimum Gasteiger partial charge on any atom is -0.348 e. The molecule has 0 radical (unpaired) electrons. The lowest BCUT2D eigenvalue weighted by Gasteiger charge is -2.07. The minimum atomic E-state index is -0.738. The predicted molar refractivity (Wildman–Crippen MR) is 73.3 cm³/mol. The summed E-state index contributed by atoms with van der Waals surface area (Å²) in [5.41, 5.74) is 0.349. The van der Waals surface area contributed by atoms with Gasteiger partial charge in [0.15, 0.2) is 0 Å². The Hall–Kier alpha value is -2.28. The van der Waals surface area contributed by atoms with Crippen molar-refractivity contribution in [3.05, 3.63) is 61.6 Å². The highest BCUT2D eigenvalue weighted by atomic mass is 32.1. The average molecular weight is 294 g/mol. The first-order valence-corrected chi connectivity index (χ1v) is 6.67. The van der Waals surface area contributed by atoms with Gasteiger partial charge in [-0.2, -0.15) is 11.3 Å². The summed E-state index contributed by atoms with van der Waals surface area (Å²) < 4.78 is 13.9. The Morgan fingerprint density at radius 3 is 2.85 bits per heavy atom. The van der Waals surface area contributed by atoms with Crippen LogP contribution in [0.3, 0.4) is 0 Å². The summed E-state index contributed by atoms with van der Waals surface area (Å²) in [4.78, 5) is 22.0. The van der Waals surface area contributed by atoms with Crippen molar-refractivity contribution in [3.63, 3.8) is 0 Å². The number of non-ortho nitro benzene ring substituents is 1. The Morgan fingerprint density at radius 2 is 2.25 bits per heavy atom. The van der Waals surface area contributed by atoms with Crippen LogP contribution in [-0.2, 0) is 6.54 Å². The second-order valence-electron chi connectivity index (χ2n) is 4.20. The van der Waals surface area contributed by atoms with Gasteiger partial charge in [0.1, 0.15) is 5.82 Å². The molecule has 0 unspecified atom stereocenters. The third kappa shape index (κ3) is 3.00. The summed E-state index contributed by atoms with van der Waals surface area (Å²) in [6, 6.07) is 3.89. The molecule has 0 aliphatic rings. The number of carbonyl (C=O) groups excluding carboxylic acids is 1. The minimum absolute atomic E-state index is 0.0693. The molecule has 0 fully saturated rings. The number of hydrogen-bond donors (Lipinski definition) is 1. The van der Waals surface area contributed by atoms with E-state index in [2.05, 4.69) is 5.32 Å². The Bertz CT molecular complexity index is 656. The fourth-order valence-corrected chi connectivity index (χ4v) is 2.36. The van der Waals surface area contributed by atoms with Crippen LogP contribution in [0.2, 0.25) is 0 Å². The number of nitro benzene ring substituents is 1. The maximum atomic E-state index is 13.9. The average Bonchev–Trinajstić information content (AvgIpc) is 2.92. The van der Waals surface area contributed by atoms with Gasteiger partial charge in [-0.25, -0.2) is 4.39 Å². The number of thiophene rings is 1. The van der Waals surface area contributed by atoms with Gasteiger partial charge in [0.25, 0.3) is 11.6 Å². The van der Waals surface area contributed by atoms with E-state index in [0.29, 0.717) is 0 Å². The zero-order chi connectivity index (χ0) is 14.7. The molecule has 2 rings (SSSR count). The molecule has 20 heavy (non-hydrogen) atoms. The van der Waals surface area contributed by atoms with Gasteiger partial charge in [-0.3, -0.25) is 14.9 Å². The molecule has 0 bridgehead atoms. The molecule has 2 aromatic rings. The smallest absolute Gasteiger partial charge is 0.270 e. The van der Waals surface area contributed by atoms with Crippen molar-refractivity contribution in [2.45, 2.75) is 13.5 Å². The number of nitrogens with zero attached hydrogens (tertiary/aromatic N) is 1. The van der Waals surface area contributed by atoms with Gasteiger partial charge in [-0.15, -0.1) is 0 Å². The highest BCUT2D eigenvalue weighted by Crippen LogP contribution is 2.21. The standard InChI is InChI=1S/C13H11FN2O3S/c1-8-4-10(16(18)19)5-11(12(8)14)13(17)15-6-9-2-3-20-7-9/h2-5,7H,6H2,1H3,(H,15,17). The summed E-state index contributed by atoms with van der Waals surface area (Å²) >= 11 is 1.48. The Morgan fingerprint density at radius 1 is 1.50 bits per heavy atom. The molecular weight excluding hydrogens is 283 g/mol. The number of halogens is 1. The monoisotopic (exact) mass is 294 g/mol. The Kier molecular flexibility index (Phi) is 4.09. The van der Waals surface area contributed by atoms with Gasteiger partial charge in [0, 0.05) is 18.7 Å². The molecule has 7 heteroatoms. The number of nitro groups is 1. The van der Waals surface area contributed by atoms with Gasteiger partial charge in [-0.05, 0) is 34.9 Å². The van der Waals surface area contributed by atoms with E-state index in [0.717, 1.165) is 17.7 Å². The molecule has 5 nitrogen and oxygen atoms in total. The fraction of sp³-hybridized carbons (Fsp3) is 0.154. The third-order valence-corrected chi connectivity index (χ3v) is 3.46. The van der Waals surface area contributed by atoms with Gasteiger partial charge in [0.2, 0.25) is 0 Å². The number of nitrogens with one attached hydrogen (secondary N) is 1. The van der Waals surface area contributed by atoms with E-state index >= 15 is 0 Å². The molecular formula is C13H11FN2O3S. The SMILES string of the molecule is Cc1cc([N+](=O)[O-])cc(C(=O)NCc2ccsc2)c1F. The van der Waals surface area contributed by atoms with Crippen molar-refractivity contribution in [3.8, 4) is 0 Å². The topological polar surface area (TPSA) is 72.2 Å². The summed E-state index contributed by atoms with van der Waals surface area (Å²) in [5.74, 6) is -1.40. The van der Waals surface area contributed by atoms with Crippen molar-refractivity contribution in [1.82, 2.24) is 5.32 Å². The van der Waals surface area contributed by atoms with Crippen LogP contribution in [0, 0.1) is 22.9 Å². The molecule has 1 aromatic heterocycles. The molecule has 1 amide bonds. The highest BCUT2D eigenvalue weighted by Gasteiger charge is 2.19. The largest absolute Gasteiger partial charge is 0.348 e. The fourth-order valence-electron chi connectivity index (χ4n) is 1.69. The number of carbonyl (C=O) groups is 1. The van der Waals surface area contributed by atoms with Gasteiger partial charge in [0.05, 0.1) is 10.5 Å². The Balaban J connectivity index is 2.22. The predicted octanol–water partition coefficient (Wildman–Crippen LogP) is 3.03. The van der Waals surface area contributed by atoms with E-state index in [-0.39, 0.29) is 23.4 Å². The lowest BCUT2D eigenvalue weighted by atomic mass is 10.1. The normalized spacial score (nSPS) is 10.3. The van der Waals surface area contributed by atoms with Crippen LogP contribution < -0.4 is 5.32 Å². The first-order valence-electron chi connectivity index (χ1n) is 5.73. The van der Waals surface area contributed by atoms with Gasteiger partial charge >= 0.3 is 0 Å². The molecule has 0 atom stereocenters. The molecule has 0 aliphatic heterocycles. The van der Waals surface area contributed by atoms with Crippen LogP contribution in [0.1, 0.15) is 21.5 Å². The van der Waals surface area contributed by atoms with E-state index in [9.17, 15) is 19.3 Å². The van der Waals surface area contributed by atoms with Crippen LogP contribution in [0.5, 0.6) is 0 Å². The third-order valence-electron chi connectivity index (χ3n) is 2.73. The number of amides is 1. The lowest BCUT2D eigenvalue weighted by molar-refractivity contribution is -0.385. The van der Waals surface area contributed by atoms with Crippen LogP contribution in [0.25, 0.3) is 0 Å². The van der Waals surface area contributed by atoms with E-state index in [1.807, 2.05) is 16.8 Å². The lowest BCUT2D eigenvalue weighted by Crippen LogP contribution is -2.24. The van der Waals surface area contributed by atoms with Crippen molar-refractivity contribution >= 4 is 22.9 Å². The molecule has 0 aliphatic carbocycles. The van der Waals surface area contributed by atoms with Crippen molar-refractivity contribution in [2.24, 2.45) is 0 Å². The highest BCUT2D eigenvalue weighted by molar-refractivity contribution is 7.07. The van der Waals surface area contributed by atoms with E-state index < -0.39 is 16.6 Å². The molecule has 1 aromatic carbocycles. The van der Waals surface area contributed by atoms with E-state index in [1.54, 1.807) is 0 Å². The summed E-state index contributed by atoms with van der Waals surface area (Å²) in [6.45, 7) is 1.64. The number of rotatable bonds is 4. The van der Waals surface area contributed by atoms with E-state index in [4.69, 9.17) is 0 Å². The zero-order valence-corrected chi connectivity index (χ0v) is 11.4. The van der Waals surface area contributed by atoms with Crippen LogP contribution in [-0.4, -0.2) is 10.8 Å². The van der Waals surface area contributed by atoms with Crippen LogP contribution in [0.15, 0.2) is 29.0 Å². The quantitative estimate of drug-likeness (QED) is 0.696.